The Balaban J connectivity index is 2.46. The molecule has 0 radical (unpaired) electrons. The van der Waals surface area contributed by atoms with Gasteiger partial charge in [-0.25, -0.2) is 4.39 Å². The summed E-state index contributed by atoms with van der Waals surface area (Å²) in [5, 5.41) is 0.413. The van der Waals surface area contributed by atoms with Crippen molar-refractivity contribution in [2.24, 2.45) is 0 Å². The Morgan fingerprint density at radius 1 is 1.06 bits per heavy atom. The van der Waals surface area contributed by atoms with Crippen LogP contribution in [0.3, 0.4) is 0 Å². The van der Waals surface area contributed by atoms with Crippen LogP contribution in [0.1, 0.15) is 15.9 Å². The largest absolute Gasteiger partial charge is 0.288 e. The van der Waals surface area contributed by atoms with E-state index < -0.39 is 11.6 Å². The highest BCUT2D eigenvalue weighted by atomic mass is 79.9. The summed E-state index contributed by atoms with van der Waals surface area (Å²) in [4.78, 5) is 12.1. The lowest BCUT2D eigenvalue weighted by molar-refractivity contribution is 0.103. The molecule has 5 heteroatoms. The molecule has 0 aromatic heterocycles. The molecule has 0 aliphatic heterocycles. The molecule has 0 saturated carbocycles. The first-order chi connectivity index (χ1) is 8.50. The highest BCUT2D eigenvalue weighted by Crippen LogP contribution is 2.28. The molecule has 2 rings (SSSR count). The first-order valence-corrected chi connectivity index (χ1v) is 6.49. The molecule has 0 atom stereocenters. The maximum atomic E-state index is 13.9. The third-order valence-corrected chi connectivity index (χ3v) is 3.90. The summed E-state index contributed by atoms with van der Waals surface area (Å²) >= 11 is 14.6. The molecule has 0 aliphatic carbocycles. The van der Waals surface area contributed by atoms with Gasteiger partial charge in [0.05, 0.1) is 10.6 Å². The summed E-state index contributed by atoms with van der Waals surface area (Å²) in [6.45, 7) is 0. The number of hydrogen-bond acceptors (Lipinski definition) is 1. The average Bonchev–Trinajstić information content (AvgIpc) is 2.36. The van der Waals surface area contributed by atoms with Gasteiger partial charge < -0.3 is 0 Å². The van der Waals surface area contributed by atoms with Gasteiger partial charge in [-0.1, -0.05) is 23.2 Å². The van der Waals surface area contributed by atoms with Gasteiger partial charge in [0.15, 0.2) is 11.6 Å². The molecule has 0 bridgehead atoms. The second-order valence-electron chi connectivity index (χ2n) is 3.56. The van der Waals surface area contributed by atoms with Crippen molar-refractivity contribution in [1.29, 1.82) is 0 Å². The molecule has 0 saturated heterocycles. The van der Waals surface area contributed by atoms with Crippen molar-refractivity contribution in [3.8, 4) is 0 Å². The Kier molecular flexibility index (Phi) is 4.05. The molecule has 1 nitrogen and oxygen atoms in total. The molecule has 0 aliphatic rings. The van der Waals surface area contributed by atoms with Crippen molar-refractivity contribution in [2.75, 3.05) is 0 Å². The Hall–Kier alpha value is -0.900. The molecule has 18 heavy (non-hydrogen) atoms. The van der Waals surface area contributed by atoms with E-state index in [4.69, 9.17) is 23.2 Å². The van der Waals surface area contributed by atoms with Crippen LogP contribution in [0.4, 0.5) is 4.39 Å². The van der Waals surface area contributed by atoms with Crippen molar-refractivity contribution in [3.05, 3.63) is 67.9 Å². The summed E-state index contributed by atoms with van der Waals surface area (Å²) in [5.41, 5.74) is 0.294. The fraction of sp³-hybridized carbons (Fsp3) is 0. The highest BCUT2D eigenvalue weighted by Gasteiger charge is 2.17. The van der Waals surface area contributed by atoms with Gasteiger partial charge in [-0.3, -0.25) is 4.79 Å². The fourth-order valence-corrected chi connectivity index (χ4v) is 2.06. The van der Waals surface area contributed by atoms with Crippen molar-refractivity contribution < 1.29 is 9.18 Å². The first kappa shape index (κ1) is 13.5. The number of ketones is 1. The molecule has 0 unspecified atom stereocenters. The second-order valence-corrected chi connectivity index (χ2v) is 5.23. The Morgan fingerprint density at radius 3 is 2.28 bits per heavy atom. The second kappa shape index (κ2) is 5.39. The molecule has 0 amide bonds. The van der Waals surface area contributed by atoms with Crippen LogP contribution in [0, 0.1) is 5.82 Å². The predicted octanol–water partition coefficient (Wildman–Crippen LogP) is 5.13. The minimum absolute atomic E-state index is 0.0643. The van der Waals surface area contributed by atoms with E-state index in [0.29, 0.717) is 15.1 Å². The number of benzene rings is 2. The van der Waals surface area contributed by atoms with E-state index in [9.17, 15) is 9.18 Å². The van der Waals surface area contributed by atoms with Gasteiger partial charge in [0.1, 0.15) is 0 Å². The number of hydrogen-bond donors (Lipinski definition) is 0. The SMILES string of the molecule is O=C(c1ccc(Cl)cc1)c1ccc(Br)c(Cl)c1F. The van der Waals surface area contributed by atoms with E-state index in [-0.39, 0.29) is 10.6 Å². The van der Waals surface area contributed by atoms with Crippen molar-refractivity contribution in [1.82, 2.24) is 0 Å². The lowest BCUT2D eigenvalue weighted by Gasteiger charge is -2.05. The molecule has 0 N–H and O–H groups in total. The lowest BCUT2D eigenvalue weighted by Crippen LogP contribution is -2.04. The number of carbonyl (C=O) groups is 1. The molecule has 2 aromatic carbocycles. The maximum Gasteiger partial charge on any atom is 0.196 e. The molecule has 0 fully saturated rings. The quantitative estimate of drug-likeness (QED) is 0.544. The van der Waals surface area contributed by atoms with Gasteiger partial charge in [-0.2, -0.15) is 0 Å². The van der Waals surface area contributed by atoms with Crippen LogP contribution < -0.4 is 0 Å². The molecule has 0 spiro atoms. The summed E-state index contributed by atoms with van der Waals surface area (Å²) in [7, 11) is 0. The Morgan fingerprint density at radius 2 is 1.67 bits per heavy atom. The zero-order valence-electron chi connectivity index (χ0n) is 8.88. The smallest absolute Gasteiger partial charge is 0.196 e. The maximum absolute atomic E-state index is 13.9. The van der Waals surface area contributed by atoms with E-state index in [0.717, 1.165) is 0 Å². The van der Waals surface area contributed by atoms with Crippen LogP contribution >= 0.6 is 39.1 Å². The standard InChI is InChI=1S/C13H6BrCl2FO/c14-10-6-5-9(12(17)11(10)16)13(18)7-1-3-8(15)4-2-7/h1-6H. The summed E-state index contributed by atoms with van der Waals surface area (Å²) in [6, 6.07) is 9.16. The molecule has 0 heterocycles. The van der Waals surface area contributed by atoms with Crippen molar-refractivity contribution in [2.45, 2.75) is 0 Å². The van der Waals surface area contributed by atoms with Gasteiger partial charge in [0, 0.05) is 15.1 Å². The Labute approximate surface area is 122 Å². The van der Waals surface area contributed by atoms with Gasteiger partial charge in [-0.15, -0.1) is 0 Å². The third kappa shape index (κ3) is 2.58. The van der Waals surface area contributed by atoms with Gasteiger partial charge >= 0.3 is 0 Å². The minimum atomic E-state index is -0.731. The lowest BCUT2D eigenvalue weighted by atomic mass is 10.0. The topological polar surface area (TPSA) is 17.1 Å². The molecular weight excluding hydrogens is 342 g/mol. The van der Waals surface area contributed by atoms with E-state index in [1.54, 1.807) is 24.3 Å². The van der Waals surface area contributed by atoms with Crippen molar-refractivity contribution >= 4 is 44.9 Å². The van der Waals surface area contributed by atoms with Crippen LogP contribution in [-0.2, 0) is 0 Å². The van der Waals surface area contributed by atoms with Gasteiger partial charge in [0.25, 0.3) is 0 Å². The van der Waals surface area contributed by atoms with E-state index in [1.165, 1.54) is 12.1 Å². The average molecular weight is 348 g/mol. The monoisotopic (exact) mass is 346 g/mol. The van der Waals surface area contributed by atoms with Crippen molar-refractivity contribution in [3.63, 3.8) is 0 Å². The summed E-state index contributed by atoms with van der Waals surface area (Å²) < 4.78 is 14.3. The summed E-state index contributed by atoms with van der Waals surface area (Å²) in [5.74, 6) is -1.16. The number of carbonyl (C=O) groups excluding carboxylic acids is 1. The van der Waals surface area contributed by atoms with Gasteiger partial charge in [-0.05, 0) is 52.3 Å². The summed E-state index contributed by atoms with van der Waals surface area (Å²) in [6.07, 6.45) is 0. The molecule has 92 valence electrons. The normalized spacial score (nSPS) is 10.4. The van der Waals surface area contributed by atoms with Crippen LogP contribution in [0.25, 0.3) is 0 Å². The van der Waals surface area contributed by atoms with E-state index >= 15 is 0 Å². The first-order valence-electron chi connectivity index (χ1n) is 4.94. The van der Waals surface area contributed by atoms with Gasteiger partial charge in [0.2, 0.25) is 0 Å². The van der Waals surface area contributed by atoms with E-state index in [1.807, 2.05) is 0 Å². The highest BCUT2D eigenvalue weighted by molar-refractivity contribution is 9.10. The minimum Gasteiger partial charge on any atom is -0.288 e. The van der Waals surface area contributed by atoms with E-state index in [2.05, 4.69) is 15.9 Å². The van der Waals surface area contributed by atoms with Crippen LogP contribution in [-0.4, -0.2) is 5.78 Å². The fourth-order valence-electron chi connectivity index (χ4n) is 1.46. The number of rotatable bonds is 2. The zero-order chi connectivity index (χ0) is 13.3. The predicted molar refractivity (Wildman–Crippen MR) is 74.0 cm³/mol. The van der Waals surface area contributed by atoms with Crippen LogP contribution in [0.5, 0.6) is 0 Å². The van der Waals surface area contributed by atoms with Crippen LogP contribution in [0.2, 0.25) is 10.0 Å². The Bertz CT molecular complexity index is 611. The third-order valence-electron chi connectivity index (χ3n) is 2.39. The molecular formula is C13H6BrCl2FO. The molecule has 2 aromatic rings. The van der Waals surface area contributed by atoms with Crippen LogP contribution in [0.15, 0.2) is 40.9 Å². The number of halogens is 4. The zero-order valence-corrected chi connectivity index (χ0v) is 12.0.